The second kappa shape index (κ2) is 6.12. The van der Waals surface area contributed by atoms with Gasteiger partial charge in [0.15, 0.2) is 0 Å². The number of rotatable bonds is 3. The lowest BCUT2D eigenvalue weighted by Gasteiger charge is -2.10. The first-order chi connectivity index (χ1) is 11.2. The Kier molecular flexibility index (Phi) is 3.85. The number of nitriles is 1. The van der Waals surface area contributed by atoms with Crippen LogP contribution in [0.5, 0.6) is 0 Å². The third-order valence-electron chi connectivity index (χ3n) is 3.34. The molecule has 3 aromatic rings. The number of imidazole rings is 1. The number of fused-ring (bicyclic) bond motifs is 1. The van der Waals surface area contributed by atoms with Crippen LogP contribution >= 0.6 is 0 Å². The lowest BCUT2D eigenvalue weighted by molar-refractivity contribution is -0.115. The summed E-state index contributed by atoms with van der Waals surface area (Å²) in [4.78, 5) is 28.6. The Labute approximate surface area is 132 Å². The quantitative estimate of drug-likeness (QED) is 0.805. The number of aromatic nitrogens is 2. The maximum Gasteiger partial charge on any atom is 0.265 e. The lowest BCUT2D eigenvalue weighted by Crippen LogP contribution is -2.17. The van der Waals surface area contributed by atoms with E-state index >= 15 is 0 Å². The number of amides is 1. The van der Waals surface area contributed by atoms with Gasteiger partial charge < -0.3 is 5.32 Å². The Bertz CT molecular complexity index is 937. The van der Waals surface area contributed by atoms with E-state index in [4.69, 9.17) is 5.26 Å². The van der Waals surface area contributed by atoms with E-state index in [0.717, 1.165) is 0 Å². The second-order valence-corrected chi connectivity index (χ2v) is 4.84. The van der Waals surface area contributed by atoms with Crippen molar-refractivity contribution in [1.82, 2.24) is 9.55 Å². The number of anilines is 1. The van der Waals surface area contributed by atoms with Gasteiger partial charge in [-0.25, -0.2) is 4.98 Å². The fourth-order valence-corrected chi connectivity index (χ4v) is 2.30. The molecule has 0 aliphatic carbocycles. The lowest BCUT2D eigenvalue weighted by atomic mass is 10.1. The highest BCUT2D eigenvalue weighted by Crippen LogP contribution is 2.20. The molecule has 23 heavy (non-hydrogen) atoms. The number of carbonyl (C=O) groups is 2. The van der Waals surface area contributed by atoms with Crippen LogP contribution in [0.1, 0.15) is 16.8 Å². The molecule has 0 fully saturated rings. The Morgan fingerprint density at radius 1 is 1.13 bits per heavy atom. The molecule has 0 radical (unpaired) electrons. The van der Waals surface area contributed by atoms with Crippen molar-refractivity contribution >= 4 is 28.5 Å². The molecule has 0 aliphatic heterocycles. The molecular formula is C17H12N4O2. The van der Waals surface area contributed by atoms with Crippen LogP contribution in [0.25, 0.3) is 11.0 Å². The second-order valence-electron chi connectivity index (χ2n) is 4.84. The van der Waals surface area contributed by atoms with Crippen molar-refractivity contribution in [2.24, 2.45) is 0 Å². The molecule has 1 N–H and O–H groups in total. The van der Waals surface area contributed by atoms with Crippen molar-refractivity contribution < 1.29 is 9.59 Å². The third-order valence-corrected chi connectivity index (χ3v) is 3.34. The van der Waals surface area contributed by atoms with Gasteiger partial charge in [-0.1, -0.05) is 24.3 Å². The fraction of sp³-hybridized carbons (Fsp3) is 0.0588. The molecule has 1 amide bonds. The van der Waals surface area contributed by atoms with Gasteiger partial charge in [-0.2, -0.15) is 5.26 Å². The SMILES string of the molecule is N#CCC(=O)Nc1ccccc1C(=O)n1cnc2ccccc21. The van der Waals surface area contributed by atoms with Gasteiger partial charge >= 0.3 is 0 Å². The maximum absolute atomic E-state index is 12.8. The molecule has 6 nitrogen and oxygen atoms in total. The van der Waals surface area contributed by atoms with Gasteiger partial charge in [0.05, 0.1) is 28.4 Å². The van der Waals surface area contributed by atoms with Crippen LogP contribution in [-0.2, 0) is 4.79 Å². The monoisotopic (exact) mass is 304 g/mol. The van der Waals surface area contributed by atoms with E-state index in [0.29, 0.717) is 22.3 Å². The molecule has 0 unspecified atom stereocenters. The number of nitrogens with zero attached hydrogens (tertiary/aromatic N) is 3. The van der Waals surface area contributed by atoms with Crippen molar-refractivity contribution in [3.8, 4) is 6.07 Å². The number of benzene rings is 2. The first-order valence-electron chi connectivity index (χ1n) is 6.93. The number of carbonyl (C=O) groups excluding carboxylic acids is 2. The van der Waals surface area contributed by atoms with Crippen molar-refractivity contribution in [2.45, 2.75) is 6.42 Å². The molecule has 0 bridgehead atoms. The molecule has 3 rings (SSSR count). The number of nitrogens with one attached hydrogen (secondary N) is 1. The molecule has 0 spiro atoms. The Hall–Kier alpha value is -3.46. The molecule has 1 aromatic heterocycles. The van der Waals surface area contributed by atoms with E-state index in [1.807, 2.05) is 18.2 Å². The minimum Gasteiger partial charge on any atom is -0.324 e. The minimum absolute atomic E-state index is 0.267. The number of para-hydroxylation sites is 3. The highest BCUT2D eigenvalue weighted by Gasteiger charge is 2.16. The predicted molar refractivity (Wildman–Crippen MR) is 84.8 cm³/mol. The van der Waals surface area contributed by atoms with Crippen molar-refractivity contribution in [1.29, 1.82) is 5.26 Å². The van der Waals surface area contributed by atoms with Crippen molar-refractivity contribution in [3.05, 3.63) is 60.4 Å². The highest BCUT2D eigenvalue weighted by atomic mass is 16.2. The first-order valence-corrected chi connectivity index (χ1v) is 6.93. The molecule has 1 heterocycles. The molecule has 0 aliphatic rings. The van der Waals surface area contributed by atoms with Crippen LogP contribution in [0, 0.1) is 11.3 Å². The van der Waals surface area contributed by atoms with E-state index in [1.54, 1.807) is 36.4 Å². The van der Waals surface area contributed by atoms with Gasteiger partial charge in [-0.3, -0.25) is 14.2 Å². The number of hydrogen-bond acceptors (Lipinski definition) is 4. The van der Waals surface area contributed by atoms with E-state index in [1.165, 1.54) is 10.9 Å². The number of hydrogen-bond donors (Lipinski definition) is 1. The smallest absolute Gasteiger partial charge is 0.265 e. The minimum atomic E-state index is -0.455. The zero-order valence-electron chi connectivity index (χ0n) is 12.1. The fourth-order valence-electron chi connectivity index (χ4n) is 2.30. The average Bonchev–Trinajstić information content (AvgIpc) is 2.99. The zero-order chi connectivity index (χ0) is 16.2. The molecule has 6 heteroatoms. The van der Waals surface area contributed by atoms with E-state index in [2.05, 4.69) is 10.3 Å². The van der Waals surface area contributed by atoms with Crippen LogP contribution in [0.15, 0.2) is 54.9 Å². The third kappa shape index (κ3) is 2.80. The standard InChI is InChI=1S/C17H12N4O2/c18-10-9-16(22)20-13-6-2-1-5-12(13)17(23)21-11-19-14-7-3-4-8-15(14)21/h1-8,11H,9H2,(H,20,22). The van der Waals surface area contributed by atoms with Crippen LogP contribution in [0.3, 0.4) is 0 Å². The summed E-state index contributed by atoms with van der Waals surface area (Å²) in [5.41, 5.74) is 2.11. The summed E-state index contributed by atoms with van der Waals surface area (Å²) >= 11 is 0. The molecular weight excluding hydrogens is 292 g/mol. The highest BCUT2D eigenvalue weighted by molar-refractivity contribution is 6.07. The van der Waals surface area contributed by atoms with Crippen molar-refractivity contribution in [3.63, 3.8) is 0 Å². The summed E-state index contributed by atoms with van der Waals surface area (Å²) in [6.45, 7) is 0. The average molecular weight is 304 g/mol. The van der Waals surface area contributed by atoms with Gasteiger partial charge in [0.1, 0.15) is 12.7 Å². The van der Waals surface area contributed by atoms with Gasteiger partial charge in [0.2, 0.25) is 5.91 Å². The van der Waals surface area contributed by atoms with E-state index in [9.17, 15) is 9.59 Å². The maximum atomic E-state index is 12.8. The molecule has 0 saturated heterocycles. The summed E-state index contributed by atoms with van der Waals surface area (Å²) < 4.78 is 1.44. The van der Waals surface area contributed by atoms with Gasteiger partial charge in [0.25, 0.3) is 5.91 Å². The summed E-state index contributed by atoms with van der Waals surface area (Å²) in [5.74, 6) is -0.755. The molecule has 0 saturated carbocycles. The predicted octanol–water partition coefficient (Wildman–Crippen LogP) is 2.58. The van der Waals surface area contributed by atoms with Crippen LogP contribution < -0.4 is 5.32 Å². The summed E-state index contributed by atoms with van der Waals surface area (Å²) in [7, 11) is 0. The van der Waals surface area contributed by atoms with E-state index < -0.39 is 5.91 Å². The molecule has 2 aromatic carbocycles. The Morgan fingerprint density at radius 2 is 1.87 bits per heavy atom. The van der Waals surface area contributed by atoms with E-state index in [-0.39, 0.29) is 12.3 Å². The van der Waals surface area contributed by atoms with Gasteiger partial charge in [-0.05, 0) is 24.3 Å². The van der Waals surface area contributed by atoms with Crippen LogP contribution in [0.2, 0.25) is 0 Å². The molecule has 112 valence electrons. The largest absolute Gasteiger partial charge is 0.324 e. The summed E-state index contributed by atoms with van der Waals surface area (Å²) in [6.07, 6.45) is 1.19. The Balaban J connectivity index is 2.00. The summed E-state index contributed by atoms with van der Waals surface area (Å²) in [5, 5.41) is 11.2. The topological polar surface area (TPSA) is 87.8 Å². The first kappa shape index (κ1) is 14.5. The van der Waals surface area contributed by atoms with Crippen molar-refractivity contribution in [2.75, 3.05) is 5.32 Å². The normalized spacial score (nSPS) is 10.2. The summed E-state index contributed by atoms with van der Waals surface area (Å²) in [6, 6.07) is 15.8. The van der Waals surface area contributed by atoms with Crippen LogP contribution in [0.4, 0.5) is 5.69 Å². The zero-order valence-corrected chi connectivity index (χ0v) is 12.1. The van der Waals surface area contributed by atoms with Crippen LogP contribution in [-0.4, -0.2) is 21.4 Å². The van der Waals surface area contributed by atoms with Gasteiger partial charge in [0, 0.05) is 0 Å². The Morgan fingerprint density at radius 3 is 2.70 bits per heavy atom. The van der Waals surface area contributed by atoms with Gasteiger partial charge in [-0.15, -0.1) is 0 Å². The molecule has 0 atom stereocenters.